The van der Waals surface area contributed by atoms with Crippen LogP contribution in [0.2, 0.25) is 0 Å². The maximum atomic E-state index is 5.12. The second-order valence-electron chi connectivity index (χ2n) is 7.20. The van der Waals surface area contributed by atoms with Gasteiger partial charge >= 0.3 is 0 Å². The average Bonchev–Trinajstić information content (AvgIpc) is 2.55. The SMILES string of the molecule is c1nc(C2CCC2)nc(C2CCCCC2)c1N1CCNCC1. The average molecular weight is 300 g/mol. The van der Waals surface area contributed by atoms with Gasteiger partial charge < -0.3 is 10.2 Å². The molecule has 3 fully saturated rings. The van der Waals surface area contributed by atoms with E-state index in [1.165, 1.54) is 62.7 Å². The van der Waals surface area contributed by atoms with Gasteiger partial charge in [0.05, 0.1) is 17.6 Å². The van der Waals surface area contributed by atoms with E-state index >= 15 is 0 Å². The number of piperazine rings is 1. The van der Waals surface area contributed by atoms with Crippen molar-refractivity contribution in [3.63, 3.8) is 0 Å². The molecule has 120 valence electrons. The van der Waals surface area contributed by atoms with Gasteiger partial charge in [0.1, 0.15) is 5.82 Å². The molecule has 1 aliphatic heterocycles. The second kappa shape index (κ2) is 6.53. The number of nitrogens with one attached hydrogen (secondary N) is 1. The highest BCUT2D eigenvalue weighted by Crippen LogP contribution is 2.39. The number of hydrogen-bond donors (Lipinski definition) is 1. The van der Waals surface area contributed by atoms with Crippen LogP contribution in [0.3, 0.4) is 0 Å². The molecular formula is C18H28N4. The lowest BCUT2D eigenvalue weighted by molar-refractivity contribution is 0.393. The van der Waals surface area contributed by atoms with Crippen molar-refractivity contribution in [3.05, 3.63) is 17.7 Å². The Kier molecular flexibility index (Phi) is 4.28. The topological polar surface area (TPSA) is 41.1 Å². The fourth-order valence-corrected chi connectivity index (χ4v) is 4.09. The Morgan fingerprint density at radius 2 is 1.64 bits per heavy atom. The molecule has 2 saturated carbocycles. The van der Waals surface area contributed by atoms with Gasteiger partial charge in [0.25, 0.3) is 0 Å². The van der Waals surface area contributed by atoms with Gasteiger partial charge in [-0.25, -0.2) is 9.97 Å². The molecule has 1 N–H and O–H groups in total. The fraction of sp³-hybridized carbons (Fsp3) is 0.778. The van der Waals surface area contributed by atoms with E-state index in [0.29, 0.717) is 11.8 Å². The van der Waals surface area contributed by atoms with Crippen LogP contribution in [0, 0.1) is 0 Å². The van der Waals surface area contributed by atoms with Gasteiger partial charge in [0.15, 0.2) is 0 Å². The van der Waals surface area contributed by atoms with Crippen LogP contribution in [0.25, 0.3) is 0 Å². The van der Waals surface area contributed by atoms with E-state index in [2.05, 4.69) is 16.4 Å². The second-order valence-corrected chi connectivity index (χ2v) is 7.20. The maximum absolute atomic E-state index is 5.12. The standard InChI is InChI=1S/C18H28N4/c1-2-5-14(6-3-1)17-16(22-11-9-19-10-12-22)13-20-18(21-17)15-7-4-8-15/h13-15,19H,1-12H2. The van der Waals surface area contributed by atoms with Crippen molar-refractivity contribution in [2.24, 2.45) is 0 Å². The van der Waals surface area contributed by atoms with Crippen molar-refractivity contribution in [1.29, 1.82) is 0 Å². The lowest BCUT2D eigenvalue weighted by Gasteiger charge is -2.34. The molecule has 4 rings (SSSR count). The Hall–Kier alpha value is -1.16. The summed E-state index contributed by atoms with van der Waals surface area (Å²) in [5, 5.41) is 3.45. The van der Waals surface area contributed by atoms with Crippen LogP contribution in [-0.2, 0) is 0 Å². The molecule has 1 aromatic rings. The summed E-state index contributed by atoms with van der Waals surface area (Å²) in [4.78, 5) is 12.4. The molecule has 0 amide bonds. The minimum absolute atomic E-state index is 0.638. The third-order valence-electron chi connectivity index (χ3n) is 5.74. The van der Waals surface area contributed by atoms with Gasteiger partial charge in [-0.05, 0) is 25.7 Å². The van der Waals surface area contributed by atoms with Gasteiger partial charge in [0, 0.05) is 38.0 Å². The molecule has 1 saturated heterocycles. The Balaban J connectivity index is 1.65. The van der Waals surface area contributed by atoms with Crippen LogP contribution in [0.5, 0.6) is 0 Å². The Labute approximate surface area is 133 Å². The van der Waals surface area contributed by atoms with Crippen LogP contribution in [-0.4, -0.2) is 36.1 Å². The first kappa shape index (κ1) is 14.4. The van der Waals surface area contributed by atoms with E-state index in [-0.39, 0.29) is 0 Å². The Morgan fingerprint density at radius 3 is 2.32 bits per heavy atom. The summed E-state index contributed by atoms with van der Waals surface area (Å²) in [6, 6.07) is 0. The molecule has 0 atom stereocenters. The highest BCUT2D eigenvalue weighted by molar-refractivity contribution is 5.51. The van der Waals surface area contributed by atoms with Crippen LogP contribution in [0.4, 0.5) is 5.69 Å². The minimum atomic E-state index is 0.638. The normalized spacial score (nSPS) is 24.3. The van der Waals surface area contributed by atoms with E-state index in [0.717, 1.165) is 32.0 Å². The largest absolute Gasteiger partial charge is 0.366 e. The number of anilines is 1. The molecule has 0 bridgehead atoms. The number of aromatic nitrogens is 2. The van der Waals surface area contributed by atoms with Crippen molar-refractivity contribution in [3.8, 4) is 0 Å². The molecule has 22 heavy (non-hydrogen) atoms. The predicted octanol–water partition coefficient (Wildman–Crippen LogP) is 3.20. The lowest BCUT2D eigenvalue weighted by atomic mass is 9.83. The van der Waals surface area contributed by atoms with E-state index in [9.17, 15) is 0 Å². The molecule has 0 radical (unpaired) electrons. The smallest absolute Gasteiger partial charge is 0.131 e. The van der Waals surface area contributed by atoms with Crippen molar-refractivity contribution in [2.45, 2.75) is 63.2 Å². The summed E-state index contributed by atoms with van der Waals surface area (Å²) in [6.45, 7) is 4.33. The van der Waals surface area contributed by atoms with E-state index < -0.39 is 0 Å². The zero-order chi connectivity index (χ0) is 14.8. The van der Waals surface area contributed by atoms with Gasteiger partial charge in [-0.2, -0.15) is 0 Å². The monoisotopic (exact) mass is 300 g/mol. The van der Waals surface area contributed by atoms with Crippen LogP contribution in [0.15, 0.2) is 6.20 Å². The molecule has 0 unspecified atom stereocenters. The third-order valence-corrected chi connectivity index (χ3v) is 5.74. The zero-order valence-corrected chi connectivity index (χ0v) is 13.6. The molecule has 1 aromatic heterocycles. The minimum Gasteiger partial charge on any atom is -0.366 e. The zero-order valence-electron chi connectivity index (χ0n) is 13.6. The van der Waals surface area contributed by atoms with Crippen LogP contribution < -0.4 is 10.2 Å². The maximum Gasteiger partial charge on any atom is 0.131 e. The van der Waals surface area contributed by atoms with Crippen molar-refractivity contribution in [1.82, 2.24) is 15.3 Å². The third kappa shape index (κ3) is 2.85. The van der Waals surface area contributed by atoms with Crippen LogP contribution >= 0.6 is 0 Å². The summed E-state index contributed by atoms with van der Waals surface area (Å²) < 4.78 is 0. The van der Waals surface area contributed by atoms with Gasteiger partial charge in [-0.1, -0.05) is 25.7 Å². The first-order valence-corrected chi connectivity index (χ1v) is 9.24. The molecule has 0 aromatic carbocycles. The number of rotatable bonds is 3. The summed E-state index contributed by atoms with van der Waals surface area (Å²) >= 11 is 0. The Morgan fingerprint density at radius 1 is 0.909 bits per heavy atom. The summed E-state index contributed by atoms with van der Waals surface area (Å²) in [5.74, 6) is 2.44. The summed E-state index contributed by atoms with van der Waals surface area (Å²) in [5.41, 5.74) is 2.70. The number of nitrogens with zero attached hydrogens (tertiary/aromatic N) is 3. The van der Waals surface area contributed by atoms with Gasteiger partial charge in [-0.15, -0.1) is 0 Å². The predicted molar refractivity (Wildman–Crippen MR) is 89.5 cm³/mol. The number of hydrogen-bond acceptors (Lipinski definition) is 4. The van der Waals surface area contributed by atoms with Gasteiger partial charge in [-0.3, -0.25) is 0 Å². The van der Waals surface area contributed by atoms with E-state index in [1.54, 1.807) is 0 Å². The van der Waals surface area contributed by atoms with Crippen molar-refractivity contribution >= 4 is 5.69 Å². The van der Waals surface area contributed by atoms with Crippen LogP contribution in [0.1, 0.15) is 74.7 Å². The highest BCUT2D eigenvalue weighted by Gasteiger charge is 2.28. The summed E-state index contributed by atoms with van der Waals surface area (Å²) in [7, 11) is 0. The fourth-order valence-electron chi connectivity index (χ4n) is 4.09. The van der Waals surface area contributed by atoms with Crippen molar-refractivity contribution < 1.29 is 0 Å². The van der Waals surface area contributed by atoms with E-state index in [4.69, 9.17) is 9.97 Å². The molecule has 4 nitrogen and oxygen atoms in total. The molecular weight excluding hydrogens is 272 g/mol. The molecule has 2 aliphatic carbocycles. The lowest BCUT2D eigenvalue weighted by Crippen LogP contribution is -2.44. The summed E-state index contributed by atoms with van der Waals surface area (Å²) in [6.07, 6.45) is 12.9. The highest BCUT2D eigenvalue weighted by atomic mass is 15.2. The molecule has 2 heterocycles. The first-order chi connectivity index (χ1) is 10.9. The van der Waals surface area contributed by atoms with Gasteiger partial charge in [0.2, 0.25) is 0 Å². The van der Waals surface area contributed by atoms with Crippen molar-refractivity contribution in [2.75, 3.05) is 31.1 Å². The molecule has 0 spiro atoms. The first-order valence-electron chi connectivity index (χ1n) is 9.24. The molecule has 3 aliphatic rings. The Bertz CT molecular complexity index is 500. The van der Waals surface area contributed by atoms with E-state index in [1.807, 2.05) is 0 Å². The quantitative estimate of drug-likeness (QED) is 0.930. The molecule has 4 heteroatoms.